The van der Waals surface area contributed by atoms with Gasteiger partial charge < -0.3 is 19.9 Å². The molecule has 2 aromatic carbocycles. The lowest BCUT2D eigenvalue weighted by molar-refractivity contribution is -0.895. The lowest BCUT2D eigenvalue weighted by atomic mass is 10.2. The van der Waals surface area contributed by atoms with Gasteiger partial charge in [0.05, 0.1) is 49.9 Å². The molecule has 1 heterocycles. The first kappa shape index (κ1) is 21.1. The number of carbonyl (C=O) groups excluding carboxylic acids is 2. The molecular formula is C22H27ClN3O3+. The Morgan fingerprint density at radius 2 is 1.79 bits per heavy atom. The van der Waals surface area contributed by atoms with Crippen LogP contribution in [0.25, 0.3) is 0 Å². The van der Waals surface area contributed by atoms with E-state index >= 15 is 0 Å². The summed E-state index contributed by atoms with van der Waals surface area (Å²) < 4.78 is 5.65. The number of quaternary nitrogens is 1. The van der Waals surface area contributed by atoms with Crippen LogP contribution >= 0.6 is 11.6 Å². The molecule has 0 radical (unpaired) electrons. The highest BCUT2D eigenvalue weighted by molar-refractivity contribution is 6.33. The molecule has 0 atom stereocenters. The van der Waals surface area contributed by atoms with Crippen LogP contribution in [0.15, 0.2) is 48.5 Å². The standard InChI is InChI=1S/C22H26ClN3O3/c1-17-6-8-18(9-7-17)29-15-10-22(28)26-13-11-25(12-14-26)16-21(27)24-20-5-3-2-4-19(20)23/h2-9H,10-16H2,1H3,(H,24,27)/p+1. The monoisotopic (exact) mass is 416 g/mol. The quantitative estimate of drug-likeness (QED) is 0.723. The number of hydrogen-bond acceptors (Lipinski definition) is 3. The summed E-state index contributed by atoms with van der Waals surface area (Å²) in [5, 5.41) is 3.38. The van der Waals surface area contributed by atoms with Gasteiger partial charge in [0, 0.05) is 0 Å². The molecule has 6 nitrogen and oxygen atoms in total. The van der Waals surface area contributed by atoms with Crippen molar-refractivity contribution in [2.24, 2.45) is 0 Å². The molecule has 154 valence electrons. The number of hydrogen-bond donors (Lipinski definition) is 2. The average molecular weight is 417 g/mol. The van der Waals surface area contributed by atoms with Crippen LogP contribution < -0.4 is 15.0 Å². The number of aryl methyl sites for hydroxylation is 1. The zero-order chi connectivity index (χ0) is 20.6. The van der Waals surface area contributed by atoms with E-state index in [0.717, 1.165) is 23.7 Å². The van der Waals surface area contributed by atoms with E-state index in [4.69, 9.17) is 16.3 Å². The number of nitrogens with zero attached hydrogens (tertiary/aromatic N) is 1. The first-order chi connectivity index (χ1) is 14.0. The van der Waals surface area contributed by atoms with Gasteiger partial charge >= 0.3 is 0 Å². The molecule has 1 saturated heterocycles. The summed E-state index contributed by atoms with van der Waals surface area (Å²) in [6.07, 6.45) is 0.357. The maximum absolute atomic E-state index is 12.4. The molecule has 0 aromatic heterocycles. The highest BCUT2D eigenvalue weighted by Crippen LogP contribution is 2.19. The fraction of sp³-hybridized carbons (Fsp3) is 0.364. The summed E-state index contributed by atoms with van der Waals surface area (Å²) in [5.41, 5.74) is 1.80. The summed E-state index contributed by atoms with van der Waals surface area (Å²) in [4.78, 5) is 27.7. The largest absolute Gasteiger partial charge is 0.493 e. The van der Waals surface area contributed by atoms with Crippen molar-refractivity contribution >= 4 is 29.1 Å². The van der Waals surface area contributed by atoms with Crippen LogP contribution in [0.3, 0.4) is 0 Å². The van der Waals surface area contributed by atoms with Crippen molar-refractivity contribution in [1.82, 2.24) is 4.90 Å². The second-order valence-corrected chi connectivity index (χ2v) is 7.65. The molecule has 0 unspecified atom stereocenters. The molecule has 7 heteroatoms. The molecule has 1 aliphatic rings. The molecule has 0 aliphatic carbocycles. The van der Waals surface area contributed by atoms with E-state index in [1.807, 2.05) is 48.2 Å². The van der Waals surface area contributed by atoms with Crippen molar-refractivity contribution in [3.8, 4) is 5.75 Å². The molecule has 2 aromatic rings. The Morgan fingerprint density at radius 1 is 1.10 bits per heavy atom. The van der Waals surface area contributed by atoms with Gasteiger partial charge in [-0.2, -0.15) is 0 Å². The van der Waals surface area contributed by atoms with Crippen molar-refractivity contribution in [1.29, 1.82) is 0 Å². The number of carbonyl (C=O) groups is 2. The van der Waals surface area contributed by atoms with Crippen molar-refractivity contribution < 1.29 is 19.2 Å². The molecule has 0 bridgehead atoms. The second kappa shape index (κ2) is 10.3. The Bertz CT molecular complexity index is 833. The van der Waals surface area contributed by atoms with Gasteiger partial charge in [0.15, 0.2) is 6.54 Å². The number of rotatable bonds is 7. The van der Waals surface area contributed by atoms with Gasteiger partial charge in [-0.15, -0.1) is 0 Å². The average Bonchev–Trinajstić information content (AvgIpc) is 2.71. The SMILES string of the molecule is Cc1ccc(OCCC(=O)N2CC[NH+](CC(=O)Nc3ccccc3Cl)CC2)cc1. The van der Waals surface area contributed by atoms with Crippen LogP contribution in [0.5, 0.6) is 5.75 Å². The minimum absolute atomic E-state index is 0.0700. The molecular weight excluding hydrogens is 390 g/mol. The Hall–Kier alpha value is -2.57. The zero-order valence-corrected chi connectivity index (χ0v) is 17.4. The van der Waals surface area contributed by atoms with Gasteiger partial charge in [-0.05, 0) is 31.2 Å². The molecule has 1 aliphatic heterocycles. The summed E-state index contributed by atoms with van der Waals surface area (Å²) in [6.45, 7) is 5.56. The lowest BCUT2D eigenvalue weighted by Gasteiger charge is -2.32. The van der Waals surface area contributed by atoms with E-state index in [-0.39, 0.29) is 11.8 Å². The van der Waals surface area contributed by atoms with Crippen molar-refractivity contribution in [2.75, 3.05) is 44.6 Å². The first-order valence-corrected chi connectivity index (χ1v) is 10.2. The van der Waals surface area contributed by atoms with Gasteiger partial charge in [0.1, 0.15) is 5.75 Å². The Kier molecular flexibility index (Phi) is 7.49. The van der Waals surface area contributed by atoms with Gasteiger partial charge in [-0.25, -0.2) is 0 Å². The number of anilines is 1. The molecule has 2 amide bonds. The Balaban J connectivity index is 1.36. The predicted octanol–water partition coefficient (Wildman–Crippen LogP) is 1.78. The number of benzene rings is 2. The molecule has 1 fully saturated rings. The van der Waals surface area contributed by atoms with Crippen LogP contribution in [0.1, 0.15) is 12.0 Å². The van der Waals surface area contributed by atoms with Gasteiger partial charge in [-0.3, -0.25) is 9.59 Å². The van der Waals surface area contributed by atoms with Crippen molar-refractivity contribution in [3.63, 3.8) is 0 Å². The molecule has 3 rings (SSSR count). The topological polar surface area (TPSA) is 63.1 Å². The van der Waals surface area contributed by atoms with E-state index in [1.54, 1.807) is 12.1 Å². The smallest absolute Gasteiger partial charge is 0.279 e. The highest BCUT2D eigenvalue weighted by atomic mass is 35.5. The number of amides is 2. The van der Waals surface area contributed by atoms with Gasteiger partial charge in [-0.1, -0.05) is 41.4 Å². The van der Waals surface area contributed by atoms with E-state index in [1.165, 1.54) is 5.56 Å². The number of ether oxygens (including phenoxy) is 1. The normalized spacial score (nSPS) is 14.5. The fourth-order valence-corrected chi connectivity index (χ4v) is 3.46. The molecule has 0 saturated carbocycles. The maximum Gasteiger partial charge on any atom is 0.279 e. The third-order valence-corrected chi connectivity index (χ3v) is 5.32. The summed E-state index contributed by atoms with van der Waals surface area (Å²) in [6, 6.07) is 15.0. The Morgan fingerprint density at radius 3 is 2.48 bits per heavy atom. The van der Waals surface area contributed by atoms with Crippen LogP contribution in [-0.4, -0.2) is 56.0 Å². The maximum atomic E-state index is 12.4. The molecule has 29 heavy (non-hydrogen) atoms. The minimum Gasteiger partial charge on any atom is -0.493 e. The van der Waals surface area contributed by atoms with Crippen LogP contribution in [0.4, 0.5) is 5.69 Å². The van der Waals surface area contributed by atoms with E-state index in [2.05, 4.69) is 5.32 Å². The Labute approximate surface area is 176 Å². The number of nitrogens with one attached hydrogen (secondary N) is 2. The number of piperazine rings is 1. The summed E-state index contributed by atoms with van der Waals surface area (Å²) in [5.74, 6) is 0.804. The van der Waals surface area contributed by atoms with Gasteiger partial charge in [0.2, 0.25) is 5.91 Å². The first-order valence-electron chi connectivity index (χ1n) is 9.86. The number of halogens is 1. The predicted molar refractivity (Wildman–Crippen MR) is 114 cm³/mol. The van der Waals surface area contributed by atoms with Crippen LogP contribution in [0, 0.1) is 6.92 Å². The minimum atomic E-state index is -0.0700. The molecule has 0 spiro atoms. The van der Waals surface area contributed by atoms with E-state index < -0.39 is 0 Å². The van der Waals surface area contributed by atoms with E-state index in [9.17, 15) is 9.59 Å². The fourth-order valence-electron chi connectivity index (χ4n) is 3.28. The van der Waals surface area contributed by atoms with Crippen LogP contribution in [0.2, 0.25) is 5.02 Å². The van der Waals surface area contributed by atoms with Gasteiger partial charge in [0.25, 0.3) is 5.91 Å². The van der Waals surface area contributed by atoms with Crippen LogP contribution in [-0.2, 0) is 9.59 Å². The van der Waals surface area contributed by atoms with Crippen molar-refractivity contribution in [2.45, 2.75) is 13.3 Å². The zero-order valence-electron chi connectivity index (χ0n) is 16.6. The summed E-state index contributed by atoms with van der Waals surface area (Å²) >= 11 is 6.08. The van der Waals surface area contributed by atoms with Crippen molar-refractivity contribution in [3.05, 3.63) is 59.1 Å². The molecule has 2 N–H and O–H groups in total. The number of para-hydroxylation sites is 1. The third kappa shape index (κ3) is 6.48. The lowest BCUT2D eigenvalue weighted by Crippen LogP contribution is -3.15. The highest BCUT2D eigenvalue weighted by Gasteiger charge is 2.25. The second-order valence-electron chi connectivity index (χ2n) is 7.25. The third-order valence-electron chi connectivity index (χ3n) is 4.99. The van der Waals surface area contributed by atoms with E-state index in [0.29, 0.717) is 43.4 Å². The summed E-state index contributed by atoms with van der Waals surface area (Å²) in [7, 11) is 0.